The fourth-order valence-corrected chi connectivity index (χ4v) is 3.69. The molecule has 0 saturated carbocycles. The van der Waals surface area contributed by atoms with Crippen LogP contribution in [0.15, 0.2) is 72.8 Å². The van der Waals surface area contributed by atoms with Gasteiger partial charge in [0, 0.05) is 10.7 Å². The number of halogens is 1. The molecule has 1 heterocycles. The first-order valence-electron chi connectivity index (χ1n) is 8.53. The van der Waals surface area contributed by atoms with Crippen molar-refractivity contribution in [3.63, 3.8) is 0 Å². The van der Waals surface area contributed by atoms with Crippen LogP contribution in [0, 0.1) is 6.92 Å². The molecule has 0 bridgehead atoms. The molecule has 0 saturated heterocycles. The molecule has 2 nitrogen and oxygen atoms in total. The molecule has 2 N–H and O–H groups in total. The van der Waals surface area contributed by atoms with Crippen molar-refractivity contribution in [2.75, 3.05) is 5.32 Å². The predicted molar refractivity (Wildman–Crippen MR) is 105 cm³/mol. The molecular formula is C22H21ClN2. The average molecular weight is 349 g/mol. The lowest BCUT2D eigenvalue weighted by Crippen LogP contribution is -2.51. The average Bonchev–Trinajstić information content (AvgIpc) is 2.63. The molecule has 3 aromatic carbocycles. The molecule has 1 aliphatic rings. The van der Waals surface area contributed by atoms with Gasteiger partial charge in [-0.05, 0) is 48.7 Å². The lowest BCUT2D eigenvalue weighted by Gasteiger charge is -2.43. The van der Waals surface area contributed by atoms with Gasteiger partial charge in [0.1, 0.15) is 5.66 Å². The molecule has 1 aliphatic heterocycles. The maximum Gasteiger partial charge on any atom is 0.112 e. The van der Waals surface area contributed by atoms with E-state index in [9.17, 15) is 0 Å². The zero-order chi connectivity index (χ0) is 17.4. The van der Waals surface area contributed by atoms with E-state index in [-0.39, 0.29) is 11.7 Å². The first kappa shape index (κ1) is 16.2. The molecule has 126 valence electrons. The van der Waals surface area contributed by atoms with Gasteiger partial charge in [-0.1, -0.05) is 71.8 Å². The van der Waals surface area contributed by atoms with Crippen LogP contribution in [-0.2, 0) is 5.66 Å². The summed E-state index contributed by atoms with van der Waals surface area (Å²) in [5.74, 6) is 0. The summed E-state index contributed by atoms with van der Waals surface area (Å²) >= 11 is 6.28. The summed E-state index contributed by atoms with van der Waals surface area (Å²) in [6, 6.07) is 25.3. The van der Waals surface area contributed by atoms with E-state index in [1.165, 1.54) is 22.3 Å². The number of hydrogen-bond acceptors (Lipinski definition) is 2. The standard InChI is InChI=1S/C22H21ClN2/c1-15-8-10-17(11-9-15)22(2)24-20-13-12-18(23)14-19(20)21(25-22)16-6-4-3-5-7-16/h3-14,21,24-25H,1-2H3/t21-,22-/m1/s1. The molecular weight excluding hydrogens is 328 g/mol. The van der Waals surface area contributed by atoms with Crippen LogP contribution in [0.2, 0.25) is 5.02 Å². The van der Waals surface area contributed by atoms with Crippen molar-refractivity contribution in [3.05, 3.63) is 100 Å². The van der Waals surface area contributed by atoms with Gasteiger partial charge >= 0.3 is 0 Å². The Morgan fingerprint density at radius 3 is 2.36 bits per heavy atom. The molecule has 2 atom stereocenters. The van der Waals surface area contributed by atoms with Gasteiger partial charge in [0.05, 0.1) is 6.04 Å². The topological polar surface area (TPSA) is 24.1 Å². The molecule has 3 aromatic rings. The number of fused-ring (bicyclic) bond motifs is 1. The second-order valence-corrected chi connectivity index (χ2v) is 7.27. The Balaban J connectivity index is 1.84. The minimum absolute atomic E-state index is 0.0717. The van der Waals surface area contributed by atoms with E-state index in [1.807, 2.05) is 18.2 Å². The summed E-state index contributed by atoms with van der Waals surface area (Å²) in [6.45, 7) is 4.29. The number of nitrogens with one attached hydrogen (secondary N) is 2. The Morgan fingerprint density at radius 1 is 0.920 bits per heavy atom. The lowest BCUT2D eigenvalue weighted by molar-refractivity contribution is 0.367. The molecule has 25 heavy (non-hydrogen) atoms. The summed E-state index contributed by atoms with van der Waals surface area (Å²) in [7, 11) is 0. The minimum atomic E-state index is -0.366. The van der Waals surface area contributed by atoms with Crippen LogP contribution in [0.4, 0.5) is 5.69 Å². The largest absolute Gasteiger partial charge is 0.363 e. The van der Waals surface area contributed by atoms with Gasteiger partial charge in [-0.15, -0.1) is 0 Å². The number of benzene rings is 3. The predicted octanol–water partition coefficient (Wildman–Crippen LogP) is 5.63. The van der Waals surface area contributed by atoms with Crippen molar-refractivity contribution < 1.29 is 0 Å². The Morgan fingerprint density at radius 2 is 1.64 bits per heavy atom. The Kier molecular flexibility index (Phi) is 4.03. The van der Waals surface area contributed by atoms with Gasteiger partial charge in [-0.3, -0.25) is 5.32 Å². The summed E-state index contributed by atoms with van der Waals surface area (Å²) in [5, 5.41) is 8.21. The molecule has 0 radical (unpaired) electrons. The van der Waals surface area contributed by atoms with Crippen LogP contribution < -0.4 is 10.6 Å². The van der Waals surface area contributed by atoms with Crippen molar-refractivity contribution in [3.8, 4) is 0 Å². The normalized spacial score (nSPS) is 22.1. The molecule has 0 aliphatic carbocycles. The zero-order valence-electron chi connectivity index (χ0n) is 14.4. The smallest absolute Gasteiger partial charge is 0.112 e. The first-order chi connectivity index (χ1) is 12.0. The third-order valence-electron chi connectivity index (χ3n) is 4.90. The fraction of sp³-hybridized carbons (Fsp3) is 0.182. The summed E-state index contributed by atoms with van der Waals surface area (Å²) in [4.78, 5) is 0. The van der Waals surface area contributed by atoms with E-state index < -0.39 is 0 Å². The zero-order valence-corrected chi connectivity index (χ0v) is 15.1. The van der Waals surface area contributed by atoms with Gasteiger partial charge in [0.25, 0.3) is 0 Å². The second-order valence-electron chi connectivity index (χ2n) is 6.84. The first-order valence-corrected chi connectivity index (χ1v) is 8.90. The minimum Gasteiger partial charge on any atom is -0.363 e. The van der Waals surface area contributed by atoms with Crippen LogP contribution >= 0.6 is 11.6 Å². The van der Waals surface area contributed by atoms with E-state index in [2.05, 4.69) is 79.1 Å². The highest BCUT2D eigenvalue weighted by molar-refractivity contribution is 6.30. The highest BCUT2D eigenvalue weighted by atomic mass is 35.5. The number of aryl methyl sites for hydroxylation is 1. The van der Waals surface area contributed by atoms with Gasteiger partial charge in [0.15, 0.2) is 0 Å². The van der Waals surface area contributed by atoms with Gasteiger partial charge < -0.3 is 5.32 Å². The fourth-order valence-electron chi connectivity index (χ4n) is 3.51. The molecule has 0 amide bonds. The van der Waals surface area contributed by atoms with Crippen LogP contribution in [0.5, 0.6) is 0 Å². The van der Waals surface area contributed by atoms with Crippen molar-refractivity contribution in [1.29, 1.82) is 0 Å². The number of anilines is 1. The van der Waals surface area contributed by atoms with Crippen molar-refractivity contribution in [1.82, 2.24) is 5.32 Å². The van der Waals surface area contributed by atoms with E-state index in [1.54, 1.807) is 0 Å². The Labute approximate surface area is 153 Å². The van der Waals surface area contributed by atoms with Crippen LogP contribution in [0.25, 0.3) is 0 Å². The monoisotopic (exact) mass is 348 g/mol. The third-order valence-corrected chi connectivity index (χ3v) is 5.14. The van der Waals surface area contributed by atoms with Crippen molar-refractivity contribution in [2.45, 2.75) is 25.6 Å². The Hall–Kier alpha value is -2.29. The molecule has 0 fully saturated rings. The van der Waals surface area contributed by atoms with E-state index >= 15 is 0 Å². The van der Waals surface area contributed by atoms with Gasteiger partial charge in [-0.25, -0.2) is 0 Å². The molecule has 3 heteroatoms. The van der Waals surface area contributed by atoms with Crippen molar-refractivity contribution >= 4 is 17.3 Å². The second kappa shape index (κ2) is 6.21. The highest BCUT2D eigenvalue weighted by Gasteiger charge is 2.36. The van der Waals surface area contributed by atoms with E-state index in [0.29, 0.717) is 0 Å². The molecule has 0 unspecified atom stereocenters. The van der Waals surface area contributed by atoms with E-state index in [4.69, 9.17) is 11.6 Å². The molecule has 4 rings (SSSR count). The highest BCUT2D eigenvalue weighted by Crippen LogP contribution is 2.40. The quantitative estimate of drug-likeness (QED) is 0.627. The van der Waals surface area contributed by atoms with E-state index in [0.717, 1.165) is 10.7 Å². The SMILES string of the molecule is Cc1ccc([C@]2(C)Nc3ccc(Cl)cc3[C@@H](c3ccccc3)N2)cc1. The third kappa shape index (κ3) is 3.04. The number of hydrogen-bond donors (Lipinski definition) is 2. The maximum absolute atomic E-state index is 6.28. The summed E-state index contributed by atoms with van der Waals surface area (Å²) in [5.41, 5.74) is 5.61. The lowest BCUT2D eigenvalue weighted by atomic mass is 9.88. The van der Waals surface area contributed by atoms with Crippen LogP contribution in [-0.4, -0.2) is 0 Å². The van der Waals surface area contributed by atoms with Crippen molar-refractivity contribution in [2.24, 2.45) is 0 Å². The maximum atomic E-state index is 6.28. The van der Waals surface area contributed by atoms with Crippen LogP contribution in [0.3, 0.4) is 0 Å². The van der Waals surface area contributed by atoms with Gasteiger partial charge in [0.2, 0.25) is 0 Å². The molecule has 0 spiro atoms. The van der Waals surface area contributed by atoms with Crippen LogP contribution in [0.1, 0.15) is 35.2 Å². The van der Waals surface area contributed by atoms with Gasteiger partial charge in [-0.2, -0.15) is 0 Å². The number of rotatable bonds is 2. The Bertz CT molecular complexity index is 890. The molecule has 0 aromatic heterocycles. The summed E-state index contributed by atoms with van der Waals surface area (Å²) in [6.07, 6.45) is 0. The summed E-state index contributed by atoms with van der Waals surface area (Å²) < 4.78 is 0.